The molecule has 4 aromatic carbocycles. The summed E-state index contributed by atoms with van der Waals surface area (Å²) in [5, 5.41) is 0.765. The van der Waals surface area contributed by atoms with Crippen molar-refractivity contribution in [2.45, 2.75) is 24.4 Å². The van der Waals surface area contributed by atoms with Gasteiger partial charge in [0, 0.05) is 11.1 Å². The molecule has 2 aliphatic rings. The Balaban J connectivity index is 1.70. The molecule has 1 heterocycles. The Morgan fingerprint density at radius 3 is 2.27 bits per heavy atom. The van der Waals surface area contributed by atoms with Gasteiger partial charge < -0.3 is 0 Å². The summed E-state index contributed by atoms with van der Waals surface area (Å²) in [4.78, 5) is 2.60. The molecule has 1 nitrogen and oxygen atoms in total. The van der Waals surface area contributed by atoms with Gasteiger partial charge in [-0.15, -0.1) is 0 Å². The molecule has 33 heavy (non-hydrogen) atoms. The molecule has 0 saturated carbocycles. The van der Waals surface area contributed by atoms with E-state index in [0.717, 1.165) is 17.9 Å². The molecule has 2 atom stereocenters. The van der Waals surface area contributed by atoms with Crippen molar-refractivity contribution in [3.63, 3.8) is 0 Å². The lowest BCUT2D eigenvalue weighted by Gasteiger charge is -2.48. The number of benzene rings is 4. The zero-order chi connectivity index (χ0) is 22.4. The van der Waals surface area contributed by atoms with Crippen molar-refractivity contribution >= 4 is 17.2 Å². The molecule has 2 unspecified atom stereocenters. The maximum atomic E-state index is 6.62. The summed E-state index contributed by atoms with van der Waals surface area (Å²) in [5.74, 6) is 0. The SMILES string of the molecule is CN1C2Cc3ccccc3/C2=C/Cc2ccccc2C1(c1ccccc1)c1cccc(Cl)c1. The van der Waals surface area contributed by atoms with E-state index in [2.05, 4.69) is 115 Å². The van der Waals surface area contributed by atoms with Crippen LogP contribution in [0.3, 0.4) is 0 Å². The van der Waals surface area contributed by atoms with E-state index in [-0.39, 0.29) is 6.04 Å². The lowest BCUT2D eigenvalue weighted by molar-refractivity contribution is 0.167. The highest BCUT2D eigenvalue weighted by atomic mass is 35.5. The first-order valence-corrected chi connectivity index (χ1v) is 12.0. The molecular formula is C31H26ClN. The van der Waals surface area contributed by atoms with Gasteiger partial charge in [-0.3, -0.25) is 4.90 Å². The Hall–Kier alpha value is -3.13. The standard InChI is InChI=1S/C31H26ClN/c1-33-30-20-23-11-5-7-16-27(23)28(30)19-18-22-10-6-8-17-29(22)31(33,24-12-3-2-4-13-24)25-14-9-15-26(32)21-25/h2-17,19,21,30H,18,20H2,1H3/b28-19-. The molecule has 0 fully saturated rings. The van der Waals surface area contributed by atoms with Crippen LogP contribution in [0.1, 0.15) is 33.4 Å². The third-order valence-electron chi connectivity index (χ3n) is 7.48. The smallest absolute Gasteiger partial charge is 0.0978 e. The summed E-state index contributed by atoms with van der Waals surface area (Å²) in [6.07, 6.45) is 4.38. The van der Waals surface area contributed by atoms with Gasteiger partial charge in [-0.2, -0.15) is 0 Å². The minimum atomic E-state index is -0.463. The zero-order valence-electron chi connectivity index (χ0n) is 18.7. The molecule has 162 valence electrons. The van der Waals surface area contributed by atoms with Crippen molar-refractivity contribution < 1.29 is 0 Å². The quantitative estimate of drug-likeness (QED) is 0.316. The van der Waals surface area contributed by atoms with Gasteiger partial charge in [0.1, 0.15) is 0 Å². The van der Waals surface area contributed by atoms with Gasteiger partial charge in [-0.25, -0.2) is 0 Å². The maximum Gasteiger partial charge on any atom is 0.0978 e. The number of likely N-dealkylation sites (N-methyl/N-ethyl adjacent to an activating group) is 1. The van der Waals surface area contributed by atoms with Gasteiger partial charge in [0.2, 0.25) is 0 Å². The number of hydrogen-bond donors (Lipinski definition) is 0. The fourth-order valence-electron chi connectivity index (χ4n) is 6.04. The van der Waals surface area contributed by atoms with Gasteiger partial charge >= 0.3 is 0 Å². The maximum absolute atomic E-state index is 6.62. The normalized spacial score (nSPS) is 23.5. The fraction of sp³-hybridized carbons (Fsp3) is 0.161. The highest BCUT2D eigenvalue weighted by molar-refractivity contribution is 6.30. The van der Waals surface area contributed by atoms with Crippen LogP contribution in [0.5, 0.6) is 0 Å². The highest BCUT2D eigenvalue weighted by Crippen LogP contribution is 2.49. The average Bonchev–Trinajstić information content (AvgIpc) is 3.22. The molecule has 1 aliphatic carbocycles. The Morgan fingerprint density at radius 2 is 1.45 bits per heavy atom. The van der Waals surface area contributed by atoms with Crippen molar-refractivity contribution in [3.8, 4) is 0 Å². The second-order valence-electron chi connectivity index (χ2n) is 9.10. The summed E-state index contributed by atoms with van der Waals surface area (Å²) < 4.78 is 0. The molecule has 0 N–H and O–H groups in total. The fourth-order valence-corrected chi connectivity index (χ4v) is 6.23. The predicted octanol–water partition coefficient (Wildman–Crippen LogP) is 7.13. The summed E-state index contributed by atoms with van der Waals surface area (Å²) in [5.41, 5.74) is 8.93. The summed E-state index contributed by atoms with van der Waals surface area (Å²) in [6.45, 7) is 0. The number of hydrogen-bond acceptors (Lipinski definition) is 1. The van der Waals surface area contributed by atoms with Gasteiger partial charge in [0.15, 0.2) is 0 Å². The number of fused-ring (bicyclic) bond motifs is 4. The Bertz CT molecular complexity index is 1360. The van der Waals surface area contributed by atoms with Crippen molar-refractivity contribution in [2.24, 2.45) is 0 Å². The molecular weight excluding hydrogens is 422 g/mol. The number of nitrogens with zero attached hydrogens (tertiary/aromatic N) is 1. The van der Waals surface area contributed by atoms with Crippen LogP contribution in [0, 0.1) is 0 Å². The van der Waals surface area contributed by atoms with Gasteiger partial charge in [0.25, 0.3) is 0 Å². The van der Waals surface area contributed by atoms with E-state index in [1.807, 2.05) is 6.07 Å². The van der Waals surface area contributed by atoms with Gasteiger partial charge in [-0.1, -0.05) is 109 Å². The molecule has 2 heteroatoms. The van der Waals surface area contributed by atoms with Crippen LogP contribution in [0.15, 0.2) is 109 Å². The minimum absolute atomic E-state index is 0.273. The van der Waals surface area contributed by atoms with E-state index < -0.39 is 5.54 Å². The minimum Gasteiger partial charge on any atom is -0.282 e. The first kappa shape index (κ1) is 20.5. The highest BCUT2D eigenvalue weighted by Gasteiger charge is 2.47. The van der Waals surface area contributed by atoms with Crippen LogP contribution in [-0.2, 0) is 18.4 Å². The van der Waals surface area contributed by atoms with Gasteiger partial charge in [0.05, 0.1) is 5.54 Å². The van der Waals surface area contributed by atoms with Crippen molar-refractivity contribution in [1.29, 1.82) is 0 Å². The average molecular weight is 448 g/mol. The third-order valence-corrected chi connectivity index (χ3v) is 7.72. The van der Waals surface area contributed by atoms with E-state index in [1.165, 1.54) is 39.0 Å². The molecule has 6 rings (SSSR count). The van der Waals surface area contributed by atoms with E-state index in [4.69, 9.17) is 11.6 Å². The molecule has 0 saturated heterocycles. The summed E-state index contributed by atoms with van der Waals surface area (Å²) >= 11 is 6.62. The molecule has 0 radical (unpaired) electrons. The van der Waals surface area contributed by atoms with Crippen LogP contribution in [0.4, 0.5) is 0 Å². The first-order valence-electron chi connectivity index (χ1n) is 11.6. The molecule has 0 aromatic heterocycles. The Morgan fingerprint density at radius 1 is 0.758 bits per heavy atom. The second kappa shape index (κ2) is 8.02. The number of allylic oxidation sites excluding steroid dienone is 1. The first-order chi connectivity index (χ1) is 16.2. The summed E-state index contributed by atoms with van der Waals surface area (Å²) in [6, 6.07) is 37.4. The number of rotatable bonds is 2. The molecule has 4 aromatic rings. The van der Waals surface area contributed by atoms with E-state index >= 15 is 0 Å². The Labute approximate surface area is 201 Å². The molecule has 0 spiro atoms. The predicted molar refractivity (Wildman–Crippen MR) is 138 cm³/mol. The third kappa shape index (κ3) is 3.11. The van der Waals surface area contributed by atoms with E-state index in [9.17, 15) is 0 Å². The van der Waals surface area contributed by atoms with E-state index in [0.29, 0.717) is 0 Å². The van der Waals surface area contributed by atoms with Crippen LogP contribution in [0.2, 0.25) is 5.02 Å². The topological polar surface area (TPSA) is 3.24 Å². The van der Waals surface area contributed by atoms with E-state index in [1.54, 1.807) is 0 Å². The monoisotopic (exact) mass is 447 g/mol. The van der Waals surface area contributed by atoms with Crippen molar-refractivity contribution in [1.82, 2.24) is 4.90 Å². The van der Waals surface area contributed by atoms with Crippen molar-refractivity contribution in [2.75, 3.05) is 7.05 Å². The summed E-state index contributed by atoms with van der Waals surface area (Å²) in [7, 11) is 2.29. The largest absolute Gasteiger partial charge is 0.282 e. The van der Waals surface area contributed by atoms with Crippen LogP contribution in [0.25, 0.3) is 5.57 Å². The molecule has 1 aliphatic heterocycles. The lowest BCUT2D eigenvalue weighted by Crippen LogP contribution is -2.52. The Kier molecular flexibility index (Phi) is 4.98. The number of halogens is 1. The van der Waals surface area contributed by atoms with Gasteiger partial charge in [-0.05, 0) is 71.0 Å². The van der Waals surface area contributed by atoms with Crippen LogP contribution in [-0.4, -0.2) is 18.0 Å². The second-order valence-corrected chi connectivity index (χ2v) is 9.53. The molecule has 0 amide bonds. The molecule has 0 bridgehead atoms. The van der Waals surface area contributed by atoms with Crippen LogP contribution < -0.4 is 0 Å². The van der Waals surface area contributed by atoms with Crippen LogP contribution >= 0.6 is 11.6 Å². The van der Waals surface area contributed by atoms with Crippen molar-refractivity contribution in [3.05, 3.63) is 148 Å². The zero-order valence-corrected chi connectivity index (χ0v) is 19.5. The lowest BCUT2D eigenvalue weighted by atomic mass is 9.72.